The van der Waals surface area contributed by atoms with Gasteiger partial charge in [-0.3, -0.25) is 9.78 Å². The largest absolute Gasteiger partial charge is 0.313 e. The molecule has 0 unspecified atom stereocenters. The predicted octanol–water partition coefficient (Wildman–Crippen LogP) is 1.99. The number of fused-ring (bicyclic) bond motifs is 1. The van der Waals surface area contributed by atoms with Crippen LogP contribution in [0.25, 0.3) is 21.9 Å². The molecule has 0 aliphatic rings. The quantitative estimate of drug-likeness (QED) is 0.686. The van der Waals surface area contributed by atoms with Gasteiger partial charge in [-0.2, -0.15) is 0 Å². The molecule has 0 aliphatic carbocycles. The number of hydrogen-bond donors (Lipinski definition) is 1. The molecule has 3 aromatic rings. The number of nitrogens with zero attached hydrogens (tertiary/aromatic N) is 2. The summed E-state index contributed by atoms with van der Waals surface area (Å²) in [6.45, 7) is 0. The first-order valence-corrected chi connectivity index (χ1v) is 5.22. The molecule has 2 heterocycles. The lowest BCUT2D eigenvalue weighted by molar-refractivity contribution is 1.12. The Bertz CT molecular complexity index is 728. The highest BCUT2D eigenvalue weighted by Crippen LogP contribution is 2.24. The van der Waals surface area contributed by atoms with E-state index in [1.165, 1.54) is 6.33 Å². The van der Waals surface area contributed by atoms with E-state index in [4.69, 9.17) is 0 Å². The number of pyridine rings is 1. The van der Waals surface area contributed by atoms with E-state index in [0.29, 0.717) is 5.56 Å². The van der Waals surface area contributed by atoms with Crippen molar-refractivity contribution in [2.45, 2.75) is 0 Å². The minimum Gasteiger partial charge on any atom is -0.313 e. The molecule has 0 atom stereocenters. The van der Waals surface area contributed by atoms with Crippen molar-refractivity contribution in [3.8, 4) is 11.1 Å². The number of H-pyrrole nitrogens is 1. The van der Waals surface area contributed by atoms with E-state index in [1.54, 1.807) is 18.6 Å². The highest BCUT2D eigenvalue weighted by atomic mass is 16.1. The zero-order chi connectivity index (χ0) is 11.7. The summed E-state index contributed by atoms with van der Waals surface area (Å²) in [4.78, 5) is 22.4. The lowest BCUT2D eigenvalue weighted by Crippen LogP contribution is -2.08. The van der Waals surface area contributed by atoms with Crippen LogP contribution < -0.4 is 5.56 Å². The average Bonchev–Trinajstić information content (AvgIpc) is 2.39. The molecule has 0 bridgehead atoms. The van der Waals surface area contributed by atoms with Gasteiger partial charge >= 0.3 is 0 Å². The summed E-state index contributed by atoms with van der Waals surface area (Å²) in [5, 5.41) is 2.01. The lowest BCUT2D eigenvalue weighted by atomic mass is 10.0. The molecule has 2 aromatic heterocycles. The second-order valence-corrected chi connectivity index (χ2v) is 3.70. The Kier molecular flexibility index (Phi) is 2.19. The van der Waals surface area contributed by atoms with Crippen molar-refractivity contribution < 1.29 is 0 Å². The van der Waals surface area contributed by atoms with Crippen LogP contribution in [-0.2, 0) is 0 Å². The highest BCUT2D eigenvalue weighted by Gasteiger charge is 2.06. The van der Waals surface area contributed by atoms with E-state index in [-0.39, 0.29) is 5.56 Å². The van der Waals surface area contributed by atoms with Gasteiger partial charge in [0.05, 0.1) is 11.9 Å². The number of aromatic amines is 1. The van der Waals surface area contributed by atoms with Crippen molar-refractivity contribution in [2.24, 2.45) is 0 Å². The minimum absolute atomic E-state index is 0.135. The van der Waals surface area contributed by atoms with Crippen molar-refractivity contribution in [3.05, 3.63) is 59.5 Å². The van der Waals surface area contributed by atoms with Crippen molar-refractivity contribution in [3.63, 3.8) is 0 Å². The first-order valence-electron chi connectivity index (χ1n) is 5.22. The van der Waals surface area contributed by atoms with Gasteiger partial charge in [-0.1, -0.05) is 18.2 Å². The molecule has 3 rings (SSSR count). The second kappa shape index (κ2) is 3.83. The fraction of sp³-hybridized carbons (Fsp3) is 0. The van der Waals surface area contributed by atoms with Gasteiger partial charge in [0.1, 0.15) is 0 Å². The second-order valence-electron chi connectivity index (χ2n) is 3.70. The first kappa shape index (κ1) is 9.72. The van der Waals surface area contributed by atoms with Crippen LogP contribution in [-0.4, -0.2) is 15.0 Å². The maximum absolute atomic E-state index is 11.8. The third-order valence-corrected chi connectivity index (χ3v) is 2.69. The zero-order valence-corrected chi connectivity index (χ0v) is 8.92. The van der Waals surface area contributed by atoms with E-state index in [9.17, 15) is 4.79 Å². The van der Waals surface area contributed by atoms with Crippen molar-refractivity contribution in [2.75, 3.05) is 0 Å². The molecule has 0 fully saturated rings. The molecule has 0 saturated carbocycles. The highest BCUT2D eigenvalue weighted by molar-refractivity contribution is 5.95. The molecule has 0 spiro atoms. The van der Waals surface area contributed by atoms with Crippen molar-refractivity contribution in [1.82, 2.24) is 15.0 Å². The zero-order valence-electron chi connectivity index (χ0n) is 8.92. The van der Waals surface area contributed by atoms with Crippen molar-refractivity contribution >= 4 is 10.8 Å². The van der Waals surface area contributed by atoms with Crippen LogP contribution in [0.5, 0.6) is 0 Å². The Morgan fingerprint density at radius 1 is 1.00 bits per heavy atom. The smallest absolute Gasteiger partial charge is 0.258 e. The van der Waals surface area contributed by atoms with Gasteiger partial charge in [-0.05, 0) is 17.0 Å². The molecule has 17 heavy (non-hydrogen) atoms. The van der Waals surface area contributed by atoms with Crippen molar-refractivity contribution in [1.29, 1.82) is 0 Å². The molecule has 82 valence electrons. The summed E-state index contributed by atoms with van der Waals surface area (Å²) in [7, 11) is 0. The average molecular weight is 223 g/mol. The maximum atomic E-state index is 11.8. The van der Waals surface area contributed by atoms with Gasteiger partial charge in [-0.15, -0.1) is 0 Å². The summed E-state index contributed by atoms with van der Waals surface area (Å²) in [5.74, 6) is 0. The third kappa shape index (κ3) is 1.59. The Hall–Kier alpha value is -2.49. The number of hydrogen-bond acceptors (Lipinski definition) is 3. The monoisotopic (exact) mass is 223 g/mol. The SMILES string of the molecule is O=c1[nH]cncc1-c1cccc2cnccc12. The minimum atomic E-state index is -0.135. The summed E-state index contributed by atoms with van der Waals surface area (Å²) < 4.78 is 0. The Labute approximate surface area is 97.0 Å². The third-order valence-electron chi connectivity index (χ3n) is 2.69. The Morgan fingerprint density at radius 3 is 2.82 bits per heavy atom. The fourth-order valence-corrected chi connectivity index (χ4v) is 1.89. The van der Waals surface area contributed by atoms with E-state index < -0.39 is 0 Å². The number of aromatic nitrogens is 3. The van der Waals surface area contributed by atoms with Gasteiger partial charge in [0.2, 0.25) is 0 Å². The summed E-state index contributed by atoms with van der Waals surface area (Å²) in [6.07, 6.45) is 6.46. The molecule has 1 aromatic carbocycles. The predicted molar refractivity (Wildman–Crippen MR) is 65.6 cm³/mol. The maximum Gasteiger partial charge on any atom is 0.258 e. The van der Waals surface area contributed by atoms with E-state index in [1.807, 2.05) is 24.3 Å². The van der Waals surface area contributed by atoms with Gasteiger partial charge in [0, 0.05) is 24.0 Å². The first-order chi connectivity index (χ1) is 8.36. The van der Waals surface area contributed by atoms with E-state index in [0.717, 1.165) is 16.3 Å². The van der Waals surface area contributed by atoms with Crippen LogP contribution in [0.15, 0.2) is 54.0 Å². The van der Waals surface area contributed by atoms with Crippen LogP contribution in [0.2, 0.25) is 0 Å². The topological polar surface area (TPSA) is 58.6 Å². The molecule has 4 nitrogen and oxygen atoms in total. The molecule has 4 heteroatoms. The van der Waals surface area contributed by atoms with Gasteiger partial charge in [0.25, 0.3) is 5.56 Å². The molecule has 0 aliphatic heterocycles. The molecular weight excluding hydrogens is 214 g/mol. The number of nitrogens with one attached hydrogen (secondary N) is 1. The summed E-state index contributed by atoms with van der Waals surface area (Å²) in [6, 6.07) is 7.69. The molecule has 0 radical (unpaired) electrons. The van der Waals surface area contributed by atoms with Gasteiger partial charge in [0.15, 0.2) is 0 Å². The molecule has 1 N–H and O–H groups in total. The summed E-state index contributed by atoms with van der Waals surface area (Å²) >= 11 is 0. The number of benzene rings is 1. The lowest BCUT2D eigenvalue weighted by Gasteiger charge is -2.04. The standard InChI is InChI=1S/C13H9N3O/c17-13-12(7-15-8-16-13)11-3-1-2-9-6-14-5-4-10(9)11/h1-8H,(H,15,16,17). The number of rotatable bonds is 1. The van der Waals surface area contributed by atoms with Gasteiger partial charge in [-0.25, -0.2) is 4.98 Å². The van der Waals surface area contributed by atoms with Crippen LogP contribution in [0, 0.1) is 0 Å². The normalized spacial score (nSPS) is 10.6. The van der Waals surface area contributed by atoms with E-state index >= 15 is 0 Å². The van der Waals surface area contributed by atoms with Gasteiger partial charge < -0.3 is 4.98 Å². The fourth-order valence-electron chi connectivity index (χ4n) is 1.89. The Morgan fingerprint density at radius 2 is 1.94 bits per heavy atom. The van der Waals surface area contributed by atoms with Crippen LogP contribution in [0.1, 0.15) is 0 Å². The molecule has 0 amide bonds. The molecular formula is C13H9N3O. The van der Waals surface area contributed by atoms with Crippen LogP contribution in [0.3, 0.4) is 0 Å². The summed E-state index contributed by atoms with van der Waals surface area (Å²) in [5.41, 5.74) is 1.31. The van der Waals surface area contributed by atoms with E-state index in [2.05, 4.69) is 15.0 Å². The Balaban J connectivity index is 2.39. The van der Waals surface area contributed by atoms with Crippen LogP contribution >= 0.6 is 0 Å². The molecule has 0 saturated heterocycles. The van der Waals surface area contributed by atoms with Crippen LogP contribution in [0.4, 0.5) is 0 Å².